The zero-order valence-corrected chi connectivity index (χ0v) is 11.6. The highest BCUT2D eigenvalue weighted by molar-refractivity contribution is 6.31. The van der Waals surface area contributed by atoms with Crippen molar-refractivity contribution in [2.45, 2.75) is 6.18 Å². The van der Waals surface area contributed by atoms with Gasteiger partial charge in [0, 0.05) is 18.8 Å². The number of carbonyl (C=O) groups excluding carboxylic acids is 1. The Morgan fingerprint density at radius 3 is 2.38 bits per heavy atom. The minimum atomic E-state index is -4.42. The fourth-order valence-electron chi connectivity index (χ4n) is 1.66. The molecule has 2 rings (SSSR count). The number of carbonyl (C=O) groups is 1. The molecule has 0 saturated heterocycles. The molecular formula is C14H10ClF3N2O. The predicted octanol–water partition coefficient (Wildman–Crippen LogP) is 3.99. The maximum atomic E-state index is 12.4. The van der Waals surface area contributed by atoms with Gasteiger partial charge < -0.3 is 0 Å². The SMILES string of the molecule is Cn1cc(Cl)c(/C=C\C(=O)c2ccc(C(F)(F)F)cc2)n1. The molecule has 3 nitrogen and oxygen atoms in total. The lowest BCUT2D eigenvalue weighted by Crippen LogP contribution is -2.05. The normalized spacial score (nSPS) is 12.0. The molecule has 0 atom stereocenters. The summed E-state index contributed by atoms with van der Waals surface area (Å²) in [6.45, 7) is 0. The quantitative estimate of drug-likeness (QED) is 0.634. The highest BCUT2D eigenvalue weighted by atomic mass is 35.5. The van der Waals surface area contributed by atoms with Gasteiger partial charge in [0.15, 0.2) is 5.78 Å². The number of rotatable bonds is 3. The number of halogens is 4. The molecule has 110 valence electrons. The first kappa shape index (κ1) is 15.3. The van der Waals surface area contributed by atoms with Crippen molar-refractivity contribution >= 4 is 23.5 Å². The minimum absolute atomic E-state index is 0.159. The van der Waals surface area contributed by atoms with E-state index < -0.39 is 17.5 Å². The molecular weight excluding hydrogens is 305 g/mol. The topological polar surface area (TPSA) is 34.9 Å². The second kappa shape index (κ2) is 5.73. The Kier molecular flexibility index (Phi) is 4.18. The van der Waals surface area contributed by atoms with E-state index in [0.29, 0.717) is 10.7 Å². The van der Waals surface area contributed by atoms with Crippen LogP contribution in [0, 0.1) is 0 Å². The third-order valence-electron chi connectivity index (χ3n) is 2.70. The smallest absolute Gasteiger partial charge is 0.289 e. The summed E-state index contributed by atoms with van der Waals surface area (Å²) in [6.07, 6.45) is -0.206. The van der Waals surface area contributed by atoms with E-state index in [1.54, 1.807) is 13.2 Å². The van der Waals surface area contributed by atoms with Gasteiger partial charge in [0.1, 0.15) is 5.69 Å². The molecule has 21 heavy (non-hydrogen) atoms. The second-order valence-corrected chi connectivity index (χ2v) is 4.72. The molecule has 0 fully saturated rings. The highest BCUT2D eigenvalue weighted by Gasteiger charge is 2.30. The first-order valence-corrected chi connectivity index (χ1v) is 6.24. The van der Waals surface area contributed by atoms with Gasteiger partial charge >= 0.3 is 6.18 Å². The van der Waals surface area contributed by atoms with Gasteiger partial charge in [-0.2, -0.15) is 18.3 Å². The van der Waals surface area contributed by atoms with Crippen molar-refractivity contribution in [1.29, 1.82) is 0 Å². The summed E-state index contributed by atoms with van der Waals surface area (Å²) in [7, 11) is 1.68. The number of nitrogens with zero attached hydrogens (tertiary/aromatic N) is 2. The summed E-state index contributed by atoms with van der Waals surface area (Å²) < 4.78 is 38.7. The van der Waals surface area contributed by atoms with Crippen LogP contribution in [0.2, 0.25) is 5.02 Å². The summed E-state index contributed by atoms with van der Waals surface area (Å²) in [4.78, 5) is 11.9. The molecule has 2 aromatic rings. The summed E-state index contributed by atoms with van der Waals surface area (Å²) in [5.74, 6) is -0.426. The Morgan fingerprint density at radius 2 is 1.90 bits per heavy atom. The van der Waals surface area contributed by atoms with Gasteiger partial charge in [-0.05, 0) is 24.3 Å². The lowest BCUT2D eigenvalue weighted by Gasteiger charge is -2.06. The highest BCUT2D eigenvalue weighted by Crippen LogP contribution is 2.29. The van der Waals surface area contributed by atoms with E-state index in [2.05, 4.69) is 5.10 Å². The van der Waals surface area contributed by atoms with E-state index in [0.717, 1.165) is 24.3 Å². The molecule has 0 aliphatic carbocycles. The van der Waals surface area contributed by atoms with Crippen LogP contribution in [0.5, 0.6) is 0 Å². The van der Waals surface area contributed by atoms with E-state index >= 15 is 0 Å². The van der Waals surface area contributed by atoms with Crippen LogP contribution in [-0.2, 0) is 13.2 Å². The van der Waals surface area contributed by atoms with E-state index in [4.69, 9.17) is 11.6 Å². The monoisotopic (exact) mass is 314 g/mol. The summed E-state index contributed by atoms with van der Waals surface area (Å²) in [6, 6.07) is 4.01. The molecule has 1 heterocycles. The Balaban J connectivity index is 2.15. The van der Waals surface area contributed by atoms with Crippen molar-refractivity contribution in [3.63, 3.8) is 0 Å². The maximum Gasteiger partial charge on any atom is 0.416 e. The summed E-state index contributed by atoms with van der Waals surface area (Å²) in [5.41, 5.74) is -0.221. The second-order valence-electron chi connectivity index (χ2n) is 4.31. The Hall–Kier alpha value is -2.08. The number of ketones is 1. The standard InChI is InChI=1S/C14H10ClF3N2O/c1-20-8-11(15)12(19-20)6-7-13(21)9-2-4-10(5-3-9)14(16,17)18/h2-8H,1H3/b7-6-. The summed E-state index contributed by atoms with van der Waals surface area (Å²) in [5, 5.41) is 4.40. The summed E-state index contributed by atoms with van der Waals surface area (Å²) >= 11 is 5.87. The van der Waals surface area contributed by atoms with Crippen LogP contribution in [0.25, 0.3) is 6.08 Å². The van der Waals surface area contributed by atoms with Crippen LogP contribution in [0.1, 0.15) is 21.6 Å². The number of hydrogen-bond acceptors (Lipinski definition) is 2. The van der Waals surface area contributed by atoms with E-state index in [1.165, 1.54) is 16.8 Å². The molecule has 0 N–H and O–H groups in total. The Bertz CT molecular complexity index is 687. The third-order valence-corrected chi connectivity index (χ3v) is 2.99. The van der Waals surface area contributed by atoms with Gasteiger partial charge in [0.25, 0.3) is 0 Å². The van der Waals surface area contributed by atoms with Crippen LogP contribution < -0.4 is 0 Å². The van der Waals surface area contributed by atoms with Crippen molar-refractivity contribution in [1.82, 2.24) is 9.78 Å². The molecule has 0 radical (unpaired) electrons. The molecule has 0 aliphatic rings. The van der Waals surface area contributed by atoms with Crippen molar-refractivity contribution in [2.24, 2.45) is 7.05 Å². The molecule has 7 heteroatoms. The van der Waals surface area contributed by atoms with Gasteiger partial charge in [-0.25, -0.2) is 0 Å². The lowest BCUT2D eigenvalue weighted by atomic mass is 10.1. The first-order chi connectivity index (χ1) is 9.77. The molecule has 1 aromatic heterocycles. The number of aromatic nitrogens is 2. The van der Waals surface area contributed by atoms with Gasteiger partial charge in [0.05, 0.1) is 10.6 Å². The average Bonchev–Trinajstić information content (AvgIpc) is 2.73. The van der Waals surface area contributed by atoms with Crippen molar-refractivity contribution < 1.29 is 18.0 Å². The van der Waals surface area contributed by atoms with Gasteiger partial charge in [-0.3, -0.25) is 9.48 Å². The van der Waals surface area contributed by atoms with Crippen LogP contribution >= 0.6 is 11.6 Å². The Labute approximate surface area is 123 Å². The third kappa shape index (κ3) is 3.72. The van der Waals surface area contributed by atoms with Crippen LogP contribution in [0.3, 0.4) is 0 Å². The Morgan fingerprint density at radius 1 is 1.29 bits per heavy atom. The molecule has 0 bridgehead atoms. The fraction of sp³-hybridized carbons (Fsp3) is 0.143. The van der Waals surface area contributed by atoms with E-state index in [1.807, 2.05) is 0 Å². The minimum Gasteiger partial charge on any atom is -0.289 e. The predicted molar refractivity (Wildman–Crippen MR) is 73.0 cm³/mol. The molecule has 0 spiro atoms. The van der Waals surface area contributed by atoms with E-state index in [-0.39, 0.29) is 5.56 Å². The number of benzene rings is 1. The molecule has 0 unspecified atom stereocenters. The molecule has 1 aromatic carbocycles. The van der Waals surface area contributed by atoms with Crippen LogP contribution in [0.4, 0.5) is 13.2 Å². The van der Waals surface area contributed by atoms with Gasteiger partial charge in [-0.1, -0.05) is 23.7 Å². The molecule has 0 amide bonds. The number of hydrogen-bond donors (Lipinski definition) is 0. The number of aryl methyl sites for hydroxylation is 1. The van der Waals surface area contributed by atoms with Crippen LogP contribution in [0.15, 0.2) is 36.5 Å². The molecule has 0 saturated carbocycles. The first-order valence-electron chi connectivity index (χ1n) is 5.86. The average molecular weight is 315 g/mol. The zero-order valence-electron chi connectivity index (χ0n) is 10.9. The van der Waals surface area contributed by atoms with Crippen molar-refractivity contribution in [3.05, 3.63) is 58.4 Å². The number of alkyl halides is 3. The molecule has 0 aliphatic heterocycles. The van der Waals surface area contributed by atoms with E-state index in [9.17, 15) is 18.0 Å². The van der Waals surface area contributed by atoms with Crippen LogP contribution in [-0.4, -0.2) is 15.6 Å². The maximum absolute atomic E-state index is 12.4. The lowest BCUT2D eigenvalue weighted by molar-refractivity contribution is -0.137. The van der Waals surface area contributed by atoms with Gasteiger partial charge in [0.2, 0.25) is 0 Å². The number of allylic oxidation sites excluding steroid dienone is 1. The van der Waals surface area contributed by atoms with Crippen molar-refractivity contribution in [2.75, 3.05) is 0 Å². The fourth-order valence-corrected chi connectivity index (χ4v) is 1.91. The zero-order chi connectivity index (χ0) is 15.6. The largest absolute Gasteiger partial charge is 0.416 e. The van der Waals surface area contributed by atoms with Crippen molar-refractivity contribution in [3.8, 4) is 0 Å². The van der Waals surface area contributed by atoms with Gasteiger partial charge in [-0.15, -0.1) is 0 Å².